The molecule has 3 atom stereocenters. The number of hydrogen-bond donors (Lipinski definition) is 2. The van der Waals surface area contributed by atoms with Crippen LogP contribution < -0.4 is 15.4 Å². The summed E-state index contributed by atoms with van der Waals surface area (Å²) in [6.07, 6.45) is 2.08. The third kappa shape index (κ3) is 6.77. The van der Waals surface area contributed by atoms with Crippen LogP contribution in [0.2, 0.25) is 0 Å². The lowest BCUT2D eigenvalue weighted by Gasteiger charge is -2.40. The normalized spacial score (nSPS) is 20.5. The van der Waals surface area contributed by atoms with E-state index >= 15 is 0 Å². The number of hydrogen-bond acceptors (Lipinski definition) is 5. The van der Waals surface area contributed by atoms with Crippen molar-refractivity contribution in [3.63, 3.8) is 0 Å². The Labute approximate surface area is 222 Å². The smallest absolute Gasteiger partial charge is 0.251 e. The molecule has 9 heteroatoms. The number of nitrogens with one attached hydrogen (secondary N) is 2. The highest BCUT2D eigenvalue weighted by Crippen LogP contribution is 2.26. The summed E-state index contributed by atoms with van der Waals surface area (Å²) in [5.41, 5.74) is 1.76. The standard InChI is InChI=1S/C29H35FN4O4/c1-4-28(36)34-14-13-33(17-20(34)3)18-26(22-6-5-19(2)25(30)15-22)38-24-10-7-21(8-11-24)29(37)31-16-23-9-12-27(35)32-23/h4-8,10-11,15,20,23,26H,1,9,12-14,16-18H2,2-3H3,(H,31,37)(H,32,35)/t20-,23+,26+/m1/s1. The van der Waals surface area contributed by atoms with Crippen molar-refractivity contribution in [2.24, 2.45) is 0 Å². The molecule has 8 nitrogen and oxygen atoms in total. The van der Waals surface area contributed by atoms with Crippen LogP contribution in [0.5, 0.6) is 5.75 Å². The van der Waals surface area contributed by atoms with Gasteiger partial charge in [-0.25, -0.2) is 4.39 Å². The van der Waals surface area contributed by atoms with E-state index < -0.39 is 6.10 Å². The van der Waals surface area contributed by atoms with Crippen molar-refractivity contribution in [2.75, 3.05) is 32.7 Å². The predicted molar refractivity (Wildman–Crippen MR) is 142 cm³/mol. The topological polar surface area (TPSA) is 91.0 Å². The Morgan fingerprint density at radius 3 is 2.63 bits per heavy atom. The summed E-state index contributed by atoms with van der Waals surface area (Å²) in [7, 11) is 0. The van der Waals surface area contributed by atoms with Crippen molar-refractivity contribution < 1.29 is 23.5 Å². The second kappa shape index (κ2) is 12.2. The van der Waals surface area contributed by atoms with Crippen LogP contribution in [0.1, 0.15) is 47.4 Å². The summed E-state index contributed by atoms with van der Waals surface area (Å²) in [4.78, 5) is 40.0. The van der Waals surface area contributed by atoms with Gasteiger partial charge in [0.05, 0.1) is 0 Å². The first kappa shape index (κ1) is 27.3. The average Bonchev–Trinajstić information content (AvgIpc) is 3.33. The van der Waals surface area contributed by atoms with Crippen molar-refractivity contribution in [3.05, 3.63) is 77.6 Å². The predicted octanol–water partition coefficient (Wildman–Crippen LogP) is 2.98. The van der Waals surface area contributed by atoms with Gasteiger partial charge in [-0.05, 0) is 67.8 Å². The van der Waals surface area contributed by atoms with Gasteiger partial charge in [0.15, 0.2) is 0 Å². The zero-order valence-electron chi connectivity index (χ0n) is 21.9. The van der Waals surface area contributed by atoms with Crippen LogP contribution in [-0.4, -0.2) is 72.3 Å². The minimum absolute atomic E-state index is 0.00959. The molecule has 2 saturated heterocycles. The fourth-order valence-corrected chi connectivity index (χ4v) is 4.90. The number of aryl methyl sites for hydroxylation is 1. The molecule has 2 N–H and O–H groups in total. The first-order chi connectivity index (χ1) is 18.2. The lowest BCUT2D eigenvalue weighted by molar-refractivity contribution is -0.130. The zero-order chi connectivity index (χ0) is 27.2. The molecule has 2 aliphatic heterocycles. The number of amides is 3. The zero-order valence-corrected chi connectivity index (χ0v) is 21.9. The van der Waals surface area contributed by atoms with Gasteiger partial charge in [0.1, 0.15) is 17.7 Å². The lowest BCUT2D eigenvalue weighted by atomic mass is 10.0. The molecule has 0 aromatic heterocycles. The molecule has 4 rings (SSSR count). The molecule has 3 amide bonds. The Balaban J connectivity index is 1.42. The van der Waals surface area contributed by atoms with Crippen LogP contribution in [0.4, 0.5) is 4.39 Å². The van der Waals surface area contributed by atoms with Gasteiger partial charge in [-0.2, -0.15) is 0 Å². The van der Waals surface area contributed by atoms with Gasteiger partial charge in [0.2, 0.25) is 11.8 Å². The van der Waals surface area contributed by atoms with Gasteiger partial charge < -0.3 is 20.3 Å². The number of ether oxygens (including phenoxy) is 1. The highest BCUT2D eigenvalue weighted by molar-refractivity contribution is 5.94. The van der Waals surface area contributed by atoms with E-state index in [4.69, 9.17) is 4.74 Å². The fourth-order valence-electron chi connectivity index (χ4n) is 4.90. The van der Waals surface area contributed by atoms with Gasteiger partial charge in [0.25, 0.3) is 5.91 Å². The third-order valence-electron chi connectivity index (χ3n) is 7.15. The number of carbonyl (C=O) groups is 3. The molecule has 2 heterocycles. The van der Waals surface area contributed by atoms with E-state index in [1.165, 1.54) is 12.1 Å². The maximum atomic E-state index is 14.5. The van der Waals surface area contributed by atoms with Gasteiger partial charge in [-0.1, -0.05) is 18.7 Å². The van der Waals surface area contributed by atoms with E-state index in [0.717, 1.165) is 0 Å². The van der Waals surface area contributed by atoms with E-state index in [1.807, 2.05) is 13.0 Å². The SMILES string of the molecule is C=CC(=O)N1CCN(C[C@H](Oc2ccc(C(=O)NC[C@@H]3CCC(=O)N3)cc2)c2ccc(C)c(F)c2)C[C@H]1C. The molecule has 202 valence electrons. The quantitative estimate of drug-likeness (QED) is 0.494. The first-order valence-electron chi connectivity index (χ1n) is 13.0. The number of piperazine rings is 1. The lowest BCUT2D eigenvalue weighted by Crippen LogP contribution is -2.54. The molecule has 2 fully saturated rings. The van der Waals surface area contributed by atoms with Crippen molar-refractivity contribution in [1.29, 1.82) is 0 Å². The molecule has 2 aliphatic rings. The molecule has 2 aromatic rings. The molecule has 38 heavy (non-hydrogen) atoms. The van der Waals surface area contributed by atoms with E-state index in [2.05, 4.69) is 22.1 Å². The van der Waals surface area contributed by atoms with E-state index in [1.54, 1.807) is 42.2 Å². The Hall–Kier alpha value is -3.72. The van der Waals surface area contributed by atoms with Crippen LogP contribution in [0, 0.1) is 12.7 Å². The summed E-state index contributed by atoms with van der Waals surface area (Å²) < 4.78 is 20.8. The molecular weight excluding hydrogens is 487 g/mol. The number of nitrogens with zero attached hydrogens (tertiary/aromatic N) is 2. The molecule has 0 spiro atoms. The maximum Gasteiger partial charge on any atom is 0.251 e. The van der Waals surface area contributed by atoms with Crippen LogP contribution in [0.15, 0.2) is 55.1 Å². The maximum absolute atomic E-state index is 14.5. The second-order valence-electron chi connectivity index (χ2n) is 10.00. The van der Waals surface area contributed by atoms with Gasteiger partial charge in [0, 0.05) is 56.8 Å². The van der Waals surface area contributed by atoms with Gasteiger partial charge in [-0.3, -0.25) is 19.3 Å². The second-order valence-corrected chi connectivity index (χ2v) is 10.00. The van der Waals surface area contributed by atoms with Crippen LogP contribution in [0.25, 0.3) is 0 Å². The Kier molecular flexibility index (Phi) is 8.78. The van der Waals surface area contributed by atoms with Crippen LogP contribution in [0.3, 0.4) is 0 Å². The number of rotatable bonds is 9. The number of benzene rings is 2. The largest absolute Gasteiger partial charge is 0.484 e. The van der Waals surface area contributed by atoms with E-state index in [-0.39, 0.29) is 35.6 Å². The van der Waals surface area contributed by atoms with E-state index in [9.17, 15) is 18.8 Å². The summed E-state index contributed by atoms with van der Waals surface area (Å²) in [6, 6.07) is 11.9. The summed E-state index contributed by atoms with van der Waals surface area (Å²) in [5.74, 6) is -0.0331. The third-order valence-corrected chi connectivity index (χ3v) is 7.15. The highest BCUT2D eigenvalue weighted by Gasteiger charge is 2.29. The minimum Gasteiger partial charge on any atom is -0.484 e. The Morgan fingerprint density at radius 1 is 1.24 bits per heavy atom. The average molecular weight is 523 g/mol. The Bertz CT molecular complexity index is 1190. The summed E-state index contributed by atoms with van der Waals surface area (Å²) in [5, 5.41) is 5.69. The minimum atomic E-state index is -0.454. The van der Waals surface area contributed by atoms with Crippen molar-refractivity contribution in [3.8, 4) is 5.75 Å². The van der Waals surface area contributed by atoms with Crippen molar-refractivity contribution >= 4 is 17.7 Å². The first-order valence-corrected chi connectivity index (χ1v) is 13.0. The molecule has 2 aromatic carbocycles. The Morgan fingerprint density at radius 2 is 2.00 bits per heavy atom. The van der Waals surface area contributed by atoms with Crippen molar-refractivity contribution in [1.82, 2.24) is 20.4 Å². The summed E-state index contributed by atoms with van der Waals surface area (Å²) >= 11 is 0. The molecule has 0 aliphatic carbocycles. The van der Waals surface area contributed by atoms with Crippen LogP contribution >= 0.6 is 0 Å². The van der Waals surface area contributed by atoms with Gasteiger partial charge >= 0.3 is 0 Å². The van der Waals surface area contributed by atoms with Gasteiger partial charge in [-0.15, -0.1) is 0 Å². The monoisotopic (exact) mass is 522 g/mol. The number of carbonyl (C=O) groups excluding carboxylic acids is 3. The fraction of sp³-hybridized carbons (Fsp3) is 0.414. The molecule has 0 radical (unpaired) electrons. The molecular formula is C29H35FN4O4. The highest BCUT2D eigenvalue weighted by atomic mass is 19.1. The molecule has 0 unspecified atom stereocenters. The molecule has 0 bridgehead atoms. The van der Waals surface area contributed by atoms with Crippen LogP contribution in [-0.2, 0) is 9.59 Å². The van der Waals surface area contributed by atoms with Crippen molar-refractivity contribution in [2.45, 2.75) is 44.9 Å². The number of halogens is 1. The summed E-state index contributed by atoms with van der Waals surface area (Å²) in [6.45, 7) is 10.1. The molecule has 0 saturated carbocycles. The van der Waals surface area contributed by atoms with E-state index in [0.29, 0.717) is 68.0 Å².